The van der Waals surface area contributed by atoms with Crippen molar-refractivity contribution >= 4 is 33.3 Å². The Balaban J connectivity index is 2.41. The molecule has 0 saturated heterocycles. The van der Waals surface area contributed by atoms with Crippen molar-refractivity contribution < 1.29 is 22.8 Å². The van der Waals surface area contributed by atoms with Crippen LogP contribution in [-0.2, 0) is 26.2 Å². The number of anilines is 1. The van der Waals surface area contributed by atoms with Gasteiger partial charge in [-0.15, -0.1) is 0 Å². The van der Waals surface area contributed by atoms with Gasteiger partial charge in [0.15, 0.2) is 5.78 Å². The standard InChI is InChI=1S/C25H33N3O5S/c1-6-13-26-25(31)19(3)27(16-21-10-7-9-18(2)14-21)24(30)17-28(34(5,32)33)23-12-8-11-22(15-23)20(4)29/h7-12,14-15,19H,6,13,16-17H2,1-5H3,(H,26,31)/t19-/m1/s1. The first-order chi connectivity index (χ1) is 15.9. The minimum absolute atomic E-state index is 0.145. The first-order valence-corrected chi connectivity index (χ1v) is 13.0. The molecule has 2 aromatic rings. The maximum Gasteiger partial charge on any atom is 0.244 e. The number of rotatable bonds is 11. The fourth-order valence-electron chi connectivity index (χ4n) is 3.48. The highest BCUT2D eigenvalue weighted by Gasteiger charge is 2.30. The number of carbonyl (C=O) groups excluding carboxylic acids is 3. The highest BCUT2D eigenvalue weighted by molar-refractivity contribution is 7.92. The van der Waals surface area contributed by atoms with Crippen molar-refractivity contribution in [3.8, 4) is 0 Å². The summed E-state index contributed by atoms with van der Waals surface area (Å²) in [7, 11) is -3.85. The number of amides is 2. The smallest absolute Gasteiger partial charge is 0.244 e. The molecule has 0 aliphatic carbocycles. The van der Waals surface area contributed by atoms with E-state index in [1.54, 1.807) is 19.1 Å². The van der Waals surface area contributed by atoms with Crippen LogP contribution >= 0.6 is 0 Å². The summed E-state index contributed by atoms with van der Waals surface area (Å²) in [5.41, 5.74) is 2.38. The van der Waals surface area contributed by atoms with Crippen LogP contribution in [0.2, 0.25) is 0 Å². The van der Waals surface area contributed by atoms with E-state index in [2.05, 4.69) is 5.32 Å². The van der Waals surface area contributed by atoms with Crippen LogP contribution < -0.4 is 9.62 Å². The fraction of sp³-hybridized carbons (Fsp3) is 0.400. The van der Waals surface area contributed by atoms with Crippen LogP contribution in [0, 0.1) is 6.92 Å². The number of sulfonamides is 1. The van der Waals surface area contributed by atoms with E-state index >= 15 is 0 Å². The predicted molar refractivity (Wildman–Crippen MR) is 133 cm³/mol. The second kappa shape index (κ2) is 11.8. The summed E-state index contributed by atoms with van der Waals surface area (Å²) in [5.74, 6) is -1.06. The fourth-order valence-corrected chi connectivity index (χ4v) is 4.32. The molecule has 1 atom stereocenters. The van der Waals surface area contributed by atoms with Crippen LogP contribution in [0.15, 0.2) is 48.5 Å². The third-order valence-corrected chi connectivity index (χ3v) is 6.51. The molecule has 2 aromatic carbocycles. The van der Waals surface area contributed by atoms with E-state index in [4.69, 9.17) is 0 Å². The minimum atomic E-state index is -3.85. The number of aryl methyl sites for hydroxylation is 1. The number of hydrogen-bond acceptors (Lipinski definition) is 5. The van der Waals surface area contributed by atoms with E-state index in [0.717, 1.165) is 28.1 Å². The van der Waals surface area contributed by atoms with Gasteiger partial charge in [0, 0.05) is 18.7 Å². The van der Waals surface area contributed by atoms with Crippen LogP contribution in [0.1, 0.15) is 48.7 Å². The number of nitrogens with zero attached hydrogens (tertiary/aromatic N) is 2. The van der Waals surface area contributed by atoms with E-state index in [9.17, 15) is 22.8 Å². The SMILES string of the molecule is CCCNC(=O)[C@@H](C)N(Cc1cccc(C)c1)C(=O)CN(c1cccc(C(C)=O)c1)S(C)(=O)=O. The molecule has 0 fully saturated rings. The third kappa shape index (κ3) is 7.41. The number of ketones is 1. The minimum Gasteiger partial charge on any atom is -0.354 e. The Morgan fingerprint density at radius 1 is 1.06 bits per heavy atom. The van der Waals surface area contributed by atoms with Gasteiger partial charge in [0.1, 0.15) is 12.6 Å². The lowest BCUT2D eigenvalue weighted by Gasteiger charge is -2.31. The van der Waals surface area contributed by atoms with Crippen LogP contribution in [0.4, 0.5) is 5.69 Å². The van der Waals surface area contributed by atoms with Crippen molar-refractivity contribution in [2.45, 2.75) is 46.7 Å². The molecule has 0 heterocycles. The summed E-state index contributed by atoms with van der Waals surface area (Å²) in [6.07, 6.45) is 1.75. The molecule has 0 spiro atoms. The molecule has 184 valence electrons. The Kier molecular flexibility index (Phi) is 9.37. The Hall–Kier alpha value is -3.20. The highest BCUT2D eigenvalue weighted by Crippen LogP contribution is 2.21. The molecule has 0 aliphatic heterocycles. The van der Waals surface area contributed by atoms with Crippen LogP contribution in [0.3, 0.4) is 0 Å². The van der Waals surface area contributed by atoms with Crippen molar-refractivity contribution in [1.82, 2.24) is 10.2 Å². The molecule has 0 unspecified atom stereocenters. The molecule has 0 bridgehead atoms. The summed E-state index contributed by atoms with van der Waals surface area (Å²) in [4.78, 5) is 39.4. The number of Topliss-reactive ketones (excluding diaryl/α,β-unsaturated/α-hetero) is 1. The molecule has 2 amide bonds. The van der Waals surface area contributed by atoms with Crippen molar-refractivity contribution in [2.75, 3.05) is 23.7 Å². The number of nitrogens with one attached hydrogen (secondary N) is 1. The molecule has 2 rings (SSSR count). The Labute approximate surface area is 202 Å². The van der Waals surface area contributed by atoms with E-state index in [1.807, 2.05) is 38.1 Å². The Morgan fingerprint density at radius 2 is 1.74 bits per heavy atom. The number of hydrogen-bond donors (Lipinski definition) is 1. The summed E-state index contributed by atoms with van der Waals surface area (Å²) in [6, 6.07) is 12.9. The summed E-state index contributed by atoms with van der Waals surface area (Å²) in [6.45, 7) is 6.99. The van der Waals surface area contributed by atoms with Gasteiger partial charge in [-0.3, -0.25) is 18.7 Å². The zero-order chi connectivity index (χ0) is 25.5. The van der Waals surface area contributed by atoms with Gasteiger partial charge in [0.05, 0.1) is 11.9 Å². The van der Waals surface area contributed by atoms with E-state index in [-0.39, 0.29) is 23.9 Å². The normalized spacial score (nSPS) is 12.0. The second-order valence-electron chi connectivity index (χ2n) is 8.35. The van der Waals surface area contributed by atoms with Crippen molar-refractivity contribution in [1.29, 1.82) is 0 Å². The molecule has 0 aromatic heterocycles. The lowest BCUT2D eigenvalue weighted by molar-refractivity contribution is -0.139. The van der Waals surface area contributed by atoms with Gasteiger partial charge < -0.3 is 10.2 Å². The average molecular weight is 488 g/mol. The summed E-state index contributed by atoms with van der Waals surface area (Å²) in [5, 5.41) is 2.80. The van der Waals surface area contributed by atoms with Crippen molar-refractivity contribution in [3.05, 3.63) is 65.2 Å². The Morgan fingerprint density at radius 3 is 2.32 bits per heavy atom. The van der Waals surface area contributed by atoms with Gasteiger partial charge in [-0.25, -0.2) is 8.42 Å². The Bertz CT molecular complexity index is 1150. The largest absolute Gasteiger partial charge is 0.354 e. The molecule has 0 aliphatic rings. The van der Waals surface area contributed by atoms with Crippen LogP contribution in [-0.4, -0.2) is 56.3 Å². The predicted octanol–water partition coefficient (Wildman–Crippen LogP) is 2.91. The van der Waals surface area contributed by atoms with Crippen LogP contribution in [0.25, 0.3) is 0 Å². The molecular weight excluding hydrogens is 454 g/mol. The lowest BCUT2D eigenvalue weighted by atomic mass is 10.1. The van der Waals surface area contributed by atoms with Gasteiger partial charge in [-0.1, -0.05) is 48.9 Å². The second-order valence-corrected chi connectivity index (χ2v) is 10.3. The molecular formula is C25H33N3O5S. The first kappa shape index (κ1) is 27.0. The average Bonchev–Trinajstić information content (AvgIpc) is 2.78. The van der Waals surface area contributed by atoms with Gasteiger partial charge in [-0.2, -0.15) is 0 Å². The first-order valence-electron chi connectivity index (χ1n) is 11.2. The van der Waals surface area contributed by atoms with Crippen molar-refractivity contribution in [3.63, 3.8) is 0 Å². The molecule has 1 N–H and O–H groups in total. The van der Waals surface area contributed by atoms with E-state index < -0.39 is 28.5 Å². The molecule has 8 nitrogen and oxygen atoms in total. The number of benzene rings is 2. The summed E-state index contributed by atoms with van der Waals surface area (Å²) < 4.78 is 26.2. The molecule has 0 radical (unpaired) electrons. The maximum absolute atomic E-state index is 13.5. The van der Waals surface area contributed by atoms with Gasteiger partial charge in [-0.05, 0) is 44.9 Å². The van der Waals surface area contributed by atoms with E-state index in [0.29, 0.717) is 12.1 Å². The molecule has 0 saturated carbocycles. The molecule has 9 heteroatoms. The highest BCUT2D eigenvalue weighted by atomic mass is 32.2. The van der Waals surface area contributed by atoms with Gasteiger partial charge in [0.2, 0.25) is 21.8 Å². The maximum atomic E-state index is 13.5. The van der Waals surface area contributed by atoms with Crippen molar-refractivity contribution in [2.24, 2.45) is 0 Å². The lowest BCUT2D eigenvalue weighted by Crippen LogP contribution is -2.51. The van der Waals surface area contributed by atoms with E-state index in [1.165, 1.54) is 24.0 Å². The number of carbonyl (C=O) groups is 3. The third-order valence-electron chi connectivity index (χ3n) is 5.37. The zero-order valence-electron chi connectivity index (χ0n) is 20.4. The topological polar surface area (TPSA) is 104 Å². The summed E-state index contributed by atoms with van der Waals surface area (Å²) >= 11 is 0. The van der Waals surface area contributed by atoms with Crippen LogP contribution in [0.5, 0.6) is 0 Å². The zero-order valence-corrected chi connectivity index (χ0v) is 21.2. The monoisotopic (exact) mass is 487 g/mol. The molecule has 34 heavy (non-hydrogen) atoms. The van der Waals surface area contributed by atoms with Gasteiger partial charge in [0.25, 0.3) is 0 Å². The quantitative estimate of drug-likeness (QED) is 0.491. The van der Waals surface area contributed by atoms with Gasteiger partial charge >= 0.3 is 0 Å².